The molecule has 1 heterocycles. The van der Waals surface area contributed by atoms with Gasteiger partial charge in [0.1, 0.15) is 0 Å². The first-order valence-electron chi connectivity index (χ1n) is 4.68. The third-order valence-corrected chi connectivity index (χ3v) is 2.26. The number of fused-ring (bicyclic) bond motifs is 1. The average molecular weight is 187 g/mol. The van der Waals surface area contributed by atoms with E-state index in [9.17, 15) is 4.79 Å². The van der Waals surface area contributed by atoms with Gasteiger partial charge in [0.2, 0.25) is 0 Å². The van der Waals surface area contributed by atoms with Crippen LogP contribution in [0.25, 0.3) is 0 Å². The molecule has 0 saturated carbocycles. The van der Waals surface area contributed by atoms with Crippen LogP contribution in [0.4, 0.5) is 0 Å². The number of hydrogen-bond donors (Lipinski definition) is 0. The van der Waals surface area contributed by atoms with Gasteiger partial charge < -0.3 is 0 Å². The molecule has 2 heteroatoms. The SMILES string of the molecule is C#C.O=C1CCCCc2ncccc21. The molecule has 1 aromatic heterocycles. The number of hydrogen-bond acceptors (Lipinski definition) is 2. The molecule has 1 aromatic rings. The molecule has 1 aliphatic carbocycles. The number of terminal acetylenes is 1. The van der Waals surface area contributed by atoms with Gasteiger partial charge in [-0.15, -0.1) is 12.8 Å². The van der Waals surface area contributed by atoms with Crippen LogP contribution in [0, 0.1) is 12.8 Å². The Labute approximate surface area is 84.4 Å². The van der Waals surface area contributed by atoms with E-state index in [2.05, 4.69) is 17.8 Å². The molecule has 0 N–H and O–H groups in total. The standard InChI is InChI=1S/C10H11NO.C2H2/c12-10-6-2-1-5-9-8(10)4-3-7-11-9;1-2/h3-4,7H,1-2,5-6H2;1-2H. The van der Waals surface area contributed by atoms with E-state index in [0.717, 1.165) is 30.5 Å². The predicted molar refractivity (Wildman–Crippen MR) is 56.0 cm³/mol. The molecular formula is C12H13NO. The molecule has 0 bridgehead atoms. The molecule has 2 rings (SSSR count). The zero-order valence-electron chi connectivity index (χ0n) is 8.07. The molecule has 0 aromatic carbocycles. The van der Waals surface area contributed by atoms with E-state index in [1.54, 1.807) is 6.20 Å². The van der Waals surface area contributed by atoms with E-state index < -0.39 is 0 Å². The maximum Gasteiger partial charge on any atom is 0.164 e. The van der Waals surface area contributed by atoms with Gasteiger partial charge in [-0.05, 0) is 31.4 Å². The summed E-state index contributed by atoms with van der Waals surface area (Å²) in [5.41, 5.74) is 1.83. The second-order valence-corrected chi connectivity index (χ2v) is 3.13. The lowest BCUT2D eigenvalue weighted by atomic mass is 10.1. The zero-order chi connectivity index (χ0) is 10.4. The van der Waals surface area contributed by atoms with E-state index in [1.807, 2.05) is 12.1 Å². The molecular weight excluding hydrogens is 174 g/mol. The highest BCUT2D eigenvalue weighted by Gasteiger charge is 2.14. The highest BCUT2D eigenvalue weighted by molar-refractivity contribution is 5.97. The number of rotatable bonds is 0. The van der Waals surface area contributed by atoms with Crippen molar-refractivity contribution in [3.63, 3.8) is 0 Å². The van der Waals surface area contributed by atoms with Crippen molar-refractivity contribution in [2.24, 2.45) is 0 Å². The second kappa shape index (κ2) is 5.18. The normalized spacial score (nSPS) is 14.6. The lowest BCUT2D eigenvalue weighted by molar-refractivity contribution is 0.0981. The minimum absolute atomic E-state index is 0.260. The summed E-state index contributed by atoms with van der Waals surface area (Å²) in [6, 6.07) is 3.72. The Hall–Kier alpha value is -1.62. The fourth-order valence-electron chi connectivity index (χ4n) is 1.60. The molecule has 72 valence electrons. The summed E-state index contributed by atoms with van der Waals surface area (Å²) in [6.45, 7) is 0. The number of ketones is 1. The third-order valence-electron chi connectivity index (χ3n) is 2.26. The van der Waals surface area contributed by atoms with E-state index in [-0.39, 0.29) is 5.78 Å². The Bertz CT molecular complexity index is 341. The maximum atomic E-state index is 11.5. The van der Waals surface area contributed by atoms with E-state index >= 15 is 0 Å². The Morgan fingerprint density at radius 1 is 1.21 bits per heavy atom. The van der Waals surface area contributed by atoms with Crippen molar-refractivity contribution in [1.82, 2.24) is 4.98 Å². The fourth-order valence-corrected chi connectivity index (χ4v) is 1.60. The highest BCUT2D eigenvalue weighted by Crippen LogP contribution is 2.17. The summed E-state index contributed by atoms with van der Waals surface area (Å²) in [4.78, 5) is 15.7. The van der Waals surface area contributed by atoms with Gasteiger partial charge in [0.15, 0.2) is 5.78 Å². The molecule has 0 atom stereocenters. The molecule has 0 unspecified atom stereocenters. The summed E-state index contributed by atoms with van der Waals surface area (Å²) in [5, 5.41) is 0. The molecule has 0 spiro atoms. The largest absolute Gasteiger partial charge is 0.294 e. The predicted octanol–water partition coefficient (Wildman–Crippen LogP) is 2.24. The smallest absolute Gasteiger partial charge is 0.164 e. The van der Waals surface area contributed by atoms with Crippen LogP contribution in [0.15, 0.2) is 18.3 Å². The van der Waals surface area contributed by atoms with Gasteiger partial charge in [0.05, 0.1) is 5.69 Å². The van der Waals surface area contributed by atoms with E-state index in [1.165, 1.54) is 0 Å². The maximum absolute atomic E-state index is 11.5. The van der Waals surface area contributed by atoms with Crippen LogP contribution in [-0.2, 0) is 6.42 Å². The molecule has 0 amide bonds. The monoisotopic (exact) mass is 187 g/mol. The number of carbonyl (C=O) groups excluding carboxylic acids is 1. The van der Waals surface area contributed by atoms with Crippen LogP contribution in [0.1, 0.15) is 35.3 Å². The number of aryl methyl sites for hydroxylation is 1. The minimum Gasteiger partial charge on any atom is -0.294 e. The number of Topliss-reactive ketones (excluding diaryl/α,β-unsaturated/α-hetero) is 1. The topological polar surface area (TPSA) is 30.0 Å². The first-order chi connectivity index (χ1) is 6.88. The third kappa shape index (κ3) is 2.20. The van der Waals surface area contributed by atoms with Crippen molar-refractivity contribution >= 4 is 5.78 Å². The van der Waals surface area contributed by atoms with E-state index in [4.69, 9.17) is 0 Å². The number of pyridine rings is 1. The number of nitrogens with zero attached hydrogens (tertiary/aromatic N) is 1. The van der Waals surface area contributed by atoms with Crippen molar-refractivity contribution < 1.29 is 4.79 Å². The highest BCUT2D eigenvalue weighted by atomic mass is 16.1. The fraction of sp³-hybridized carbons (Fsp3) is 0.333. The van der Waals surface area contributed by atoms with Crippen LogP contribution in [0.2, 0.25) is 0 Å². The van der Waals surface area contributed by atoms with E-state index in [0.29, 0.717) is 6.42 Å². The molecule has 0 fully saturated rings. The molecule has 14 heavy (non-hydrogen) atoms. The Morgan fingerprint density at radius 2 is 1.93 bits per heavy atom. The lowest BCUT2D eigenvalue weighted by Crippen LogP contribution is -2.01. The van der Waals surface area contributed by atoms with Crippen molar-refractivity contribution in [2.45, 2.75) is 25.7 Å². The zero-order valence-corrected chi connectivity index (χ0v) is 8.07. The van der Waals surface area contributed by atoms with Gasteiger partial charge in [-0.25, -0.2) is 0 Å². The molecule has 0 saturated heterocycles. The quantitative estimate of drug-likeness (QED) is 0.460. The Morgan fingerprint density at radius 3 is 2.71 bits per heavy atom. The number of carbonyl (C=O) groups is 1. The summed E-state index contributed by atoms with van der Waals surface area (Å²) in [6.07, 6.45) is 13.5. The van der Waals surface area contributed by atoms with Gasteiger partial charge in [-0.3, -0.25) is 9.78 Å². The van der Waals surface area contributed by atoms with Crippen LogP contribution < -0.4 is 0 Å². The van der Waals surface area contributed by atoms with Gasteiger partial charge >= 0.3 is 0 Å². The van der Waals surface area contributed by atoms with Gasteiger partial charge in [-0.1, -0.05) is 0 Å². The lowest BCUT2D eigenvalue weighted by Gasteiger charge is -2.00. The Balaban J connectivity index is 0.000000461. The van der Waals surface area contributed by atoms with Crippen LogP contribution >= 0.6 is 0 Å². The molecule has 0 radical (unpaired) electrons. The summed E-state index contributed by atoms with van der Waals surface area (Å²) in [5.74, 6) is 0.260. The van der Waals surface area contributed by atoms with Crippen LogP contribution in [-0.4, -0.2) is 10.8 Å². The molecule has 1 aliphatic rings. The Kier molecular flexibility index (Phi) is 3.87. The van der Waals surface area contributed by atoms with Gasteiger partial charge in [-0.2, -0.15) is 0 Å². The summed E-state index contributed by atoms with van der Waals surface area (Å²) >= 11 is 0. The van der Waals surface area contributed by atoms with Gasteiger partial charge in [0, 0.05) is 18.2 Å². The second-order valence-electron chi connectivity index (χ2n) is 3.13. The summed E-state index contributed by atoms with van der Waals surface area (Å²) < 4.78 is 0. The first kappa shape index (κ1) is 10.5. The molecule has 0 aliphatic heterocycles. The van der Waals surface area contributed by atoms with Crippen molar-refractivity contribution in [1.29, 1.82) is 0 Å². The van der Waals surface area contributed by atoms with Gasteiger partial charge in [0.25, 0.3) is 0 Å². The van der Waals surface area contributed by atoms with Crippen LogP contribution in [0.3, 0.4) is 0 Å². The average Bonchev–Trinajstić information content (AvgIpc) is 2.45. The molecule has 2 nitrogen and oxygen atoms in total. The van der Waals surface area contributed by atoms with Crippen molar-refractivity contribution in [2.75, 3.05) is 0 Å². The van der Waals surface area contributed by atoms with Crippen molar-refractivity contribution in [3.05, 3.63) is 29.6 Å². The van der Waals surface area contributed by atoms with Crippen LogP contribution in [0.5, 0.6) is 0 Å². The number of aromatic nitrogens is 1. The van der Waals surface area contributed by atoms with Crippen molar-refractivity contribution in [3.8, 4) is 12.8 Å². The minimum atomic E-state index is 0.260. The first-order valence-corrected chi connectivity index (χ1v) is 4.68. The summed E-state index contributed by atoms with van der Waals surface area (Å²) in [7, 11) is 0.